The van der Waals surface area contributed by atoms with Crippen molar-refractivity contribution in [3.8, 4) is 0 Å². The van der Waals surface area contributed by atoms with E-state index in [2.05, 4.69) is 24.3 Å². The summed E-state index contributed by atoms with van der Waals surface area (Å²) in [7, 11) is 0. The molecular formula is C16H20O2. The lowest BCUT2D eigenvalue weighted by Gasteiger charge is -2.27. The van der Waals surface area contributed by atoms with E-state index >= 15 is 0 Å². The van der Waals surface area contributed by atoms with E-state index in [-0.39, 0.29) is 11.9 Å². The van der Waals surface area contributed by atoms with Gasteiger partial charge in [0.15, 0.2) is 0 Å². The minimum absolute atomic E-state index is 0.0418. The Labute approximate surface area is 108 Å². The Kier molecular flexibility index (Phi) is 3.35. The van der Waals surface area contributed by atoms with Crippen LogP contribution >= 0.6 is 0 Å². The molecule has 2 heteroatoms. The molecule has 2 aliphatic rings. The first-order valence-corrected chi connectivity index (χ1v) is 7.06. The molecule has 1 fully saturated rings. The van der Waals surface area contributed by atoms with Gasteiger partial charge in [0.05, 0.1) is 12.5 Å². The second kappa shape index (κ2) is 5.13. The molecule has 1 aromatic carbocycles. The molecule has 0 heterocycles. The van der Waals surface area contributed by atoms with E-state index in [4.69, 9.17) is 4.74 Å². The first kappa shape index (κ1) is 11.8. The van der Waals surface area contributed by atoms with Crippen LogP contribution in [0.15, 0.2) is 24.3 Å². The maximum atomic E-state index is 11.7. The standard InChI is InChI=1S/C16H20O2/c17-16(14-6-3-7-14)18-11-12-8-9-13-4-1-2-5-15(13)10-12/h1-2,4-5,12,14H,3,6-11H2. The van der Waals surface area contributed by atoms with Crippen molar-refractivity contribution in [1.29, 1.82) is 0 Å². The highest BCUT2D eigenvalue weighted by Gasteiger charge is 2.27. The largest absolute Gasteiger partial charge is 0.465 e. The van der Waals surface area contributed by atoms with E-state index in [1.54, 1.807) is 0 Å². The van der Waals surface area contributed by atoms with Gasteiger partial charge in [0, 0.05) is 0 Å². The normalized spacial score (nSPS) is 23.0. The summed E-state index contributed by atoms with van der Waals surface area (Å²) in [6.07, 6.45) is 6.60. The van der Waals surface area contributed by atoms with Gasteiger partial charge in [0.1, 0.15) is 0 Å². The maximum absolute atomic E-state index is 11.7. The highest BCUT2D eigenvalue weighted by Crippen LogP contribution is 2.29. The van der Waals surface area contributed by atoms with Gasteiger partial charge in [0.2, 0.25) is 0 Å². The smallest absolute Gasteiger partial charge is 0.308 e. The number of hydrogen-bond acceptors (Lipinski definition) is 2. The number of ether oxygens (including phenoxy) is 1. The molecule has 18 heavy (non-hydrogen) atoms. The molecule has 2 aliphatic carbocycles. The number of hydrogen-bond donors (Lipinski definition) is 0. The average Bonchev–Trinajstić information content (AvgIpc) is 2.34. The lowest BCUT2D eigenvalue weighted by molar-refractivity contribution is -0.152. The first-order chi connectivity index (χ1) is 8.83. The second-order valence-electron chi connectivity index (χ2n) is 5.64. The molecule has 0 radical (unpaired) electrons. The Hall–Kier alpha value is -1.31. The van der Waals surface area contributed by atoms with E-state index in [0.29, 0.717) is 12.5 Å². The summed E-state index contributed by atoms with van der Waals surface area (Å²) < 4.78 is 5.46. The second-order valence-corrected chi connectivity index (χ2v) is 5.64. The molecule has 1 unspecified atom stereocenters. The van der Waals surface area contributed by atoms with Gasteiger partial charge in [-0.25, -0.2) is 0 Å². The molecule has 2 nitrogen and oxygen atoms in total. The predicted molar refractivity (Wildman–Crippen MR) is 70.3 cm³/mol. The predicted octanol–water partition coefficient (Wildman–Crippen LogP) is 3.13. The van der Waals surface area contributed by atoms with Gasteiger partial charge >= 0.3 is 5.97 Å². The van der Waals surface area contributed by atoms with E-state index in [9.17, 15) is 4.79 Å². The molecular weight excluding hydrogens is 224 g/mol. The topological polar surface area (TPSA) is 26.3 Å². The Bertz CT molecular complexity index is 434. The average molecular weight is 244 g/mol. The minimum atomic E-state index is 0.0418. The number of carbonyl (C=O) groups is 1. The van der Waals surface area contributed by atoms with Gasteiger partial charge in [0.25, 0.3) is 0 Å². The molecule has 0 N–H and O–H groups in total. The molecule has 3 rings (SSSR count). The summed E-state index contributed by atoms with van der Waals surface area (Å²) in [6.45, 7) is 0.615. The lowest BCUT2D eigenvalue weighted by Crippen LogP contribution is -2.27. The number of carbonyl (C=O) groups excluding carboxylic acids is 1. The SMILES string of the molecule is O=C(OCC1CCc2ccccc2C1)C1CCC1. The van der Waals surface area contributed by atoms with Crippen molar-refractivity contribution in [1.82, 2.24) is 0 Å². The van der Waals surface area contributed by atoms with E-state index in [1.165, 1.54) is 17.5 Å². The van der Waals surface area contributed by atoms with Gasteiger partial charge in [-0.2, -0.15) is 0 Å². The molecule has 0 spiro atoms. The number of rotatable bonds is 3. The fraction of sp³-hybridized carbons (Fsp3) is 0.562. The van der Waals surface area contributed by atoms with E-state index in [1.807, 2.05) is 0 Å². The van der Waals surface area contributed by atoms with Crippen molar-refractivity contribution < 1.29 is 9.53 Å². The lowest BCUT2D eigenvalue weighted by atomic mass is 9.84. The Morgan fingerprint density at radius 1 is 1.17 bits per heavy atom. The van der Waals surface area contributed by atoms with Crippen LogP contribution in [0.4, 0.5) is 0 Å². The zero-order valence-corrected chi connectivity index (χ0v) is 10.7. The third kappa shape index (κ3) is 2.43. The molecule has 1 atom stereocenters. The van der Waals surface area contributed by atoms with Crippen LogP contribution in [-0.2, 0) is 22.4 Å². The fourth-order valence-corrected chi connectivity index (χ4v) is 2.88. The van der Waals surface area contributed by atoms with Gasteiger partial charge in [-0.15, -0.1) is 0 Å². The number of esters is 1. The molecule has 0 aliphatic heterocycles. The number of aryl methyl sites for hydroxylation is 1. The molecule has 0 bridgehead atoms. The number of fused-ring (bicyclic) bond motifs is 1. The summed E-state index contributed by atoms with van der Waals surface area (Å²) in [5, 5.41) is 0. The van der Waals surface area contributed by atoms with Crippen molar-refractivity contribution in [2.45, 2.75) is 38.5 Å². The van der Waals surface area contributed by atoms with Crippen molar-refractivity contribution in [3.63, 3.8) is 0 Å². The zero-order chi connectivity index (χ0) is 12.4. The molecule has 1 aromatic rings. The summed E-state index contributed by atoms with van der Waals surface area (Å²) in [6, 6.07) is 8.62. The summed E-state index contributed by atoms with van der Waals surface area (Å²) in [5.41, 5.74) is 2.91. The van der Waals surface area contributed by atoms with E-state index < -0.39 is 0 Å². The molecule has 0 amide bonds. The molecule has 0 aromatic heterocycles. The van der Waals surface area contributed by atoms with Crippen LogP contribution < -0.4 is 0 Å². The van der Waals surface area contributed by atoms with Gasteiger partial charge < -0.3 is 4.74 Å². The van der Waals surface area contributed by atoms with Gasteiger partial charge in [-0.1, -0.05) is 30.7 Å². The van der Waals surface area contributed by atoms with Crippen LogP contribution in [0.5, 0.6) is 0 Å². The highest BCUT2D eigenvalue weighted by molar-refractivity contribution is 5.73. The van der Waals surface area contributed by atoms with Crippen molar-refractivity contribution in [2.75, 3.05) is 6.61 Å². The monoisotopic (exact) mass is 244 g/mol. The van der Waals surface area contributed by atoms with Crippen molar-refractivity contribution in [3.05, 3.63) is 35.4 Å². The zero-order valence-electron chi connectivity index (χ0n) is 10.7. The van der Waals surface area contributed by atoms with Gasteiger partial charge in [-0.3, -0.25) is 4.79 Å². The summed E-state index contributed by atoms with van der Waals surface area (Å²) >= 11 is 0. The Balaban J connectivity index is 1.51. The summed E-state index contributed by atoms with van der Waals surface area (Å²) in [4.78, 5) is 11.7. The van der Waals surface area contributed by atoms with Crippen LogP contribution in [0.2, 0.25) is 0 Å². The molecule has 0 saturated heterocycles. The van der Waals surface area contributed by atoms with Crippen LogP contribution in [0.3, 0.4) is 0 Å². The van der Waals surface area contributed by atoms with Crippen LogP contribution in [-0.4, -0.2) is 12.6 Å². The maximum Gasteiger partial charge on any atom is 0.308 e. The van der Waals surface area contributed by atoms with E-state index in [0.717, 1.165) is 32.1 Å². The first-order valence-electron chi connectivity index (χ1n) is 7.06. The molecule has 1 saturated carbocycles. The quantitative estimate of drug-likeness (QED) is 0.764. The Morgan fingerprint density at radius 3 is 2.67 bits per heavy atom. The van der Waals surface area contributed by atoms with Crippen molar-refractivity contribution in [2.24, 2.45) is 11.8 Å². The van der Waals surface area contributed by atoms with Crippen LogP contribution in [0.1, 0.15) is 36.8 Å². The third-order valence-electron chi connectivity index (χ3n) is 4.35. The molecule has 96 valence electrons. The summed E-state index contributed by atoms with van der Waals surface area (Å²) in [5.74, 6) is 0.768. The Morgan fingerprint density at radius 2 is 1.94 bits per heavy atom. The highest BCUT2D eigenvalue weighted by atomic mass is 16.5. The van der Waals surface area contributed by atoms with Crippen LogP contribution in [0.25, 0.3) is 0 Å². The fourth-order valence-electron chi connectivity index (χ4n) is 2.88. The number of benzene rings is 1. The minimum Gasteiger partial charge on any atom is -0.465 e. The van der Waals surface area contributed by atoms with Crippen molar-refractivity contribution >= 4 is 5.97 Å². The third-order valence-corrected chi connectivity index (χ3v) is 4.35. The van der Waals surface area contributed by atoms with Gasteiger partial charge in [-0.05, 0) is 49.1 Å². The van der Waals surface area contributed by atoms with Crippen LogP contribution in [0, 0.1) is 11.8 Å².